The Bertz CT molecular complexity index is 1050. The van der Waals surface area contributed by atoms with Crippen LogP contribution < -0.4 is 10.6 Å². The summed E-state index contributed by atoms with van der Waals surface area (Å²) in [6.45, 7) is 1.87. The number of fused-ring (bicyclic) bond motifs is 1. The first-order valence-corrected chi connectivity index (χ1v) is 10.6. The maximum atomic E-state index is 12.8. The molecule has 0 saturated heterocycles. The number of hydrogen-bond donors (Lipinski definition) is 2. The molecule has 1 aliphatic heterocycles. The molecule has 2 amide bonds. The summed E-state index contributed by atoms with van der Waals surface area (Å²) in [6, 6.07) is 14.8. The Hall–Kier alpha value is -2.71. The smallest absolute Gasteiger partial charge is 0.256 e. The van der Waals surface area contributed by atoms with Crippen LogP contribution in [0.5, 0.6) is 0 Å². The predicted molar refractivity (Wildman–Crippen MR) is 111 cm³/mol. The quantitative estimate of drug-likeness (QED) is 0.598. The highest BCUT2D eigenvalue weighted by Gasteiger charge is 2.17. The number of carbonyl (C=O) groups excluding carboxylic acids is 2. The van der Waals surface area contributed by atoms with E-state index in [4.69, 9.17) is 4.52 Å². The van der Waals surface area contributed by atoms with E-state index >= 15 is 0 Å². The van der Waals surface area contributed by atoms with Crippen LogP contribution in [-0.2, 0) is 10.5 Å². The molecule has 0 unspecified atom stereocenters. The SMILES string of the molecule is Cc1cc(CSc2ccccc2C(=O)Nc2ccc3c(c2)NC(=O)CS3)on1. The van der Waals surface area contributed by atoms with Gasteiger partial charge >= 0.3 is 0 Å². The molecule has 1 aromatic heterocycles. The van der Waals surface area contributed by atoms with E-state index in [0.717, 1.165) is 26.9 Å². The van der Waals surface area contributed by atoms with Crippen LogP contribution in [0, 0.1) is 6.92 Å². The van der Waals surface area contributed by atoms with Crippen LogP contribution >= 0.6 is 23.5 Å². The van der Waals surface area contributed by atoms with Crippen LogP contribution in [0.4, 0.5) is 11.4 Å². The minimum absolute atomic E-state index is 0.0367. The molecule has 28 heavy (non-hydrogen) atoms. The third-order valence-corrected chi connectivity index (χ3v) is 6.22. The highest BCUT2D eigenvalue weighted by Crippen LogP contribution is 2.34. The van der Waals surface area contributed by atoms with E-state index in [0.29, 0.717) is 22.8 Å². The van der Waals surface area contributed by atoms with Crippen LogP contribution in [0.2, 0.25) is 0 Å². The third-order valence-electron chi connectivity index (χ3n) is 4.05. The number of nitrogens with zero attached hydrogens (tertiary/aromatic N) is 1. The third kappa shape index (κ3) is 4.23. The fourth-order valence-corrected chi connectivity index (χ4v) is 4.49. The number of amides is 2. The fraction of sp³-hybridized carbons (Fsp3) is 0.150. The molecule has 142 valence electrons. The van der Waals surface area contributed by atoms with Crippen molar-refractivity contribution in [2.45, 2.75) is 22.5 Å². The van der Waals surface area contributed by atoms with Crippen molar-refractivity contribution in [2.24, 2.45) is 0 Å². The average Bonchev–Trinajstić information content (AvgIpc) is 3.11. The lowest BCUT2D eigenvalue weighted by Gasteiger charge is -2.17. The number of benzene rings is 2. The summed E-state index contributed by atoms with van der Waals surface area (Å²) in [6.07, 6.45) is 0. The van der Waals surface area contributed by atoms with Crippen molar-refractivity contribution in [1.82, 2.24) is 5.16 Å². The second-order valence-corrected chi connectivity index (χ2v) is 8.26. The highest BCUT2D eigenvalue weighted by molar-refractivity contribution is 8.00. The number of aromatic nitrogens is 1. The van der Waals surface area contributed by atoms with E-state index < -0.39 is 0 Å². The second-order valence-electron chi connectivity index (χ2n) is 6.22. The van der Waals surface area contributed by atoms with Gasteiger partial charge in [0.15, 0.2) is 0 Å². The zero-order valence-electron chi connectivity index (χ0n) is 15.0. The first-order valence-electron chi connectivity index (χ1n) is 8.60. The number of thioether (sulfide) groups is 2. The summed E-state index contributed by atoms with van der Waals surface area (Å²) in [4.78, 5) is 26.3. The molecule has 8 heteroatoms. The molecule has 0 atom stereocenters. The summed E-state index contributed by atoms with van der Waals surface area (Å²) in [5, 5.41) is 9.63. The van der Waals surface area contributed by atoms with Gasteiger partial charge in [-0.05, 0) is 37.3 Å². The molecule has 0 fully saturated rings. The van der Waals surface area contributed by atoms with E-state index in [1.165, 1.54) is 23.5 Å². The lowest BCUT2D eigenvalue weighted by Crippen LogP contribution is -2.19. The summed E-state index contributed by atoms with van der Waals surface area (Å²) < 4.78 is 5.24. The molecule has 3 aromatic rings. The molecule has 0 radical (unpaired) electrons. The Labute approximate surface area is 170 Å². The van der Waals surface area contributed by atoms with Crippen molar-refractivity contribution in [3.05, 3.63) is 65.5 Å². The lowest BCUT2D eigenvalue weighted by atomic mass is 10.2. The number of hydrogen-bond acceptors (Lipinski definition) is 6. The number of rotatable bonds is 5. The molecule has 2 aromatic carbocycles. The topological polar surface area (TPSA) is 84.2 Å². The maximum absolute atomic E-state index is 12.8. The van der Waals surface area contributed by atoms with E-state index in [1.807, 2.05) is 43.3 Å². The molecule has 2 heterocycles. The van der Waals surface area contributed by atoms with Gasteiger partial charge in [-0.25, -0.2) is 0 Å². The molecular formula is C20H17N3O3S2. The van der Waals surface area contributed by atoms with Crippen LogP contribution in [0.3, 0.4) is 0 Å². The second kappa shape index (κ2) is 8.12. The number of carbonyl (C=O) groups is 2. The summed E-state index contributed by atoms with van der Waals surface area (Å²) >= 11 is 3.01. The van der Waals surface area contributed by atoms with Gasteiger partial charge in [0, 0.05) is 21.5 Å². The Kier molecular flexibility index (Phi) is 5.40. The summed E-state index contributed by atoms with van der Waals surface area (Å²) in [7, 11) is 0. The largest absolute Gasteiger partial charge is 0.360 e. The van der Waals surface area contributed by atoms with Gasteiger partial charge in [0.2, 0.25) is 5.91 Å². The van der Waals surface area contributed by atoms with Crippen LogP contribution in [0.25, 0.3) is 0 Å². The molecule has 1 aliphatic rings. The van der Waals surface area contributed by atoms with Gasteiger partial charge in [0.25, 0.3) is 5.91 Å². The molecule has 2 N–H and O–H groups in total. The Balaban J connectivity index is 1.49. The predicted octanol–water partition coefficient (Wildman–Crippen LogP) is 4.57. The minimum Gasteiger partial charge on any atom is -0.360 e. The lowest BCUT2D eigenvalue weighted by molar-refractivity contribution is -0.113. The molecule has 0 aliphatic carbocycles. The van der Waals surface area contributed by atoms with Gasteiger partial charge in [-0.3, -0.25) is 9.59 Å². The van der Waals surface area contributed by atoms with Crippen molar-refractivity contribution in [2.75, 3.05) is 16.4 Å². The normalized spacial score (nSPS) is 13.0. The molecule has 0 spiro atoms. The Morgan fingerprint density at radius 2 is 2.14 bits per heavy atom. The number of aryl methyl sites for hydroxylation is 1. The monoisotopic (exact) mass is 411 g/mol. The van der Waals surface area contributed by atoms with Gasteiger partial charge in [-0.2, -0.15) is 0 Å². The van der Waals surface area contributed by atoms with Gasteiger partial charge in [0.05, 0.1) is 28.5 Å². The molecule has 0 saturated carbocycles. The van der Waals surface area contributed by atoms with Crippen molar-refractivity contribution >= 4 is 46.7 Å². The zero-order valence-corrected chi connectivity index (χ0v) is 16.7. The molecule has 6 nitrogen and oxygen atoms in total. The van der Waals surface area contributed by atoms with Crippen molar-refractivity contribution in [1.29, 1.82) is 0 Å². The first kappa shape index (κ1) is 18.6. The van der Waals surface area contributed by atoms with Crippen molar-refractivity contribution in [3.8, 4) is 0 Å². The fourth-order valence-electron chi connectivity index (χ4n) is 2.77. The maximum Gasteiger partial charge on any atom is 0.256 e. The first-order chi connectivity index (χ1) is 13.6. The Morgan fingerprint density at radius 1 is 1.29 bits per heavy atom. The van der Waals surface area contributed by atoms with E-state index in [9.17, 15) is 9.59 Å². The number of anilines is 2. The van der Waals surface area contributed by atoms with Crippen LogP contribution in [0.15, 0.2) is 62.8 Å². The summed E-state index contributed by atoms with van der Waals surface area (Å²) in [5.74, 6) is 1.53. The van der Waals surface area contributed by atoms with Crippen molar-refractivity contribution in [3.63, 3.8) is 0 Å². The van der Waals surface area contributed by atoms with E-state index in [-0.39, 0.29) is 11.8 Å². The molecule has 0 bridgehead atoms. The van der Waals surface area contributed by atoms with Gasteiger partial charge in [-0.1, -0.05) is 17.3 Å². The van der Waals surface area contributed by atoms with E-state index in [2.05, 4.69) is 15.8 Å². The average molecular weight is 412 g/mol. The van der Waals surface area contributed by atoms with Gasteiger partial charge < -0.3 is 15.2 Å². The Morgan fingerprint density at radius 3 is 2.96 bits per heavy atom. The number of nitrogens with one attached hydrogen (secondary N) is 2. The van der Waals surface area contributed by atoms with Gasteiger partial charge in [-0.15, -0.1) is 23.5 Å². The molecule has 4 rings (SSSR count). The summed E-state index contributed by atoms with van der Waals surface area (Å²) in [5.41, 5.74) is 2.78. The zero-order chi connectivity index (χ0) is 19.5. The van der Waals surface area contributed by atoms with E-state index in [1.54, 1.807) is 12.1 Å². The van der Waals surface area contributed by atoms with Crippen molar-refractivity contribution < 1.29 is 14.1 Å². The highest BCUT2D eigenvalue weighted by atomic mass is 32.2. The standard InChI is InChI=1S/C20H17N3O3S2/c1-12-8-14(26-23-12)10-27-17-5-3-2-4-15(17)20(25)21-13-6-7-18-16(9-13)22-19(24)11-28-18/h2-9H,10-11H2,1H3,(H,21,25)(H,22,24). The minimum atomic E-state index is -0.202. The van der Waals surface area contributed by atoms with Gasteiger partial charge in [0.1, 0.15) is 5.76 Å². The van der Waals surface area contributed by atoms with Crippen LogP contribution in [0.1, 0.15) is 21.8 Å². The molecular weight excluding hydrogens is 394 g/mol. The van der Waals surface area contributed by atoms with Crippen LogP contribution in [-0.4, -0.2) is 22.7 Å².